The molecule has 0 atom stereocenters. The van der Waals surface area contributed by atoms with Gasteiger partial charge < -0.3 is 10.2 Å². The number of rotatable bonds is 3. The van der Waals surface area contributed by atoms with Gasteiger partial charge in [-0.25, -0.2) is 0 Å². The number of aromatic nitrogens is 3. The molecule has 1 aromatic heterocycles. The van der Waals surface area contributed by atoms with E-state index in [2.05, 4.69) is 25.2 Å². The van der Waals surface area contributed by atoms with Crippen LogP contribution in [0.3, 0.4) is 0 Å². The van der Waals surface area contributed by atoms with Crippen molar-refractivity contribution in [3.05, 3.63) is 33.5 Å². The van der Waals surface area contributed by atoms with Crippen molar-refractivity contribution in [2.45, 2.75) is 12.8 Å². The van der Waals surface area contributed by atoms with Gasteiger partial charge >= 0.3 is 0 Å². The van der Waals surface area contributed by atoms with Crippen LogP contribution in [-0.4, -0.2) is 28.0 Å². The van der Waals surface area contributed by atoms with Crippen molar-refractivity contribution < 1.29 is 0 Å². The Morgan fingerprint density at radius 1 is 0.952 bits per heavy atom. The van der Waals surface area contributed by atoms with Gasteiger partial charge in [0.15, 0.2) is 0 Å². The first kappa shape index (κ1) is 14.6. The van der Waals surface area contributed by atoms with Crippen LogP contribution in [0.15, 0.2) is 18.2 Å². The van der Waals surface area contributed by atoms with Gasteiger partial charge in [0.1, 0.15) is 0 Å². The summed E-state index contributed by atoms with van der Waals surface area (Å²) in [5, 5.41) is 4.18. The van der Waals surface area contributed by atoms with E-state index in [1.165, 1.54) is 0 Å². The second kappa shape index (κ2) is 6.22. The lowest BCUT2D eigenvalue weighted by molar-refractivity contribution is 0.883. The van der Waals surface area contributed by atoms with E-state index in [1.807, 2.05) is 0 Å². The fourth-order valence-electron chi connectivity index (χ4n) is 2.16. The molecule has 1 aliphatic heterocycles. The standard InChI is InChI=1S/C13H12Cl3N5/c14-9-4-3-8(7-10(9)15)17-12-18-11(16)19-13(20-12)21-5-1-2-6-21/h3-4,7H,1-2,5-6H2,(H,17,18,19,20). The Kier molecular flexibility index (Phi) is 4.33. The van der Waals surface area contributed by atoms with Crippen molar-refractivity contribution in [2.24, 2.45) is 0 Å². The summed E-state index contributed by atoms with van der Waals surface area (Å²) >= 11 is 17.9. The number of anilines is 3. The summed E-state index contributed by atoms with van der Waals surface area (Å²) in [6.45, 7) is 1.87. The van der Waals surface area contributed by atoms with Crippen molar-refractivity contribution in [3.63, 3.8) is 0 Å². The summed E-state index contributed by atoms with van der Waals surface area (Å²) in [7, 11) is 0. The fraction of sp³-hybridized carbons (Fsp3) is 0.308. The molecule has 0 radical (unpaired) electrons. The molecule has 110 valence electrons. The van der Waals surface area contributed by atoms with E-state index >= 15 is 0 Å². The molecule has 0 bridgehead atoms. The number of hydrogen-bond acceptors (Lipinski definition) is 5. The zero-order valence-corrected chi connectivity index (χ0v) is 13.3. The van der Waals surface area contributed by atoms with E-state index < -0.39 is 0 Å². The van der Waals surface area contributed by atoms with Gasteiger partial charge in [0, 0.05) is 18.8 Å². The summed E-state index contributed by atoms with van der Waals surface area (Å²) in [5.41, 5.74) is 0.735. The Balaban J connectivity index is 1.85. The molecule has 0 aliphatic carbocycles. The zero-order chi connectivity index (χ0) is 14.8. The molecule has 1 N–H and O–H groups in total. The predicted octanol–water partition coefficient (Wildman–Crippen LogP) is 4.18. The van der Waals surface area contributed by atoms with Gasteiger partial charge in [-0.2, -0.15) is 15.0 Å². The molecule has 3 rings (SSSR count). The van der Waals surface area contributed by atoms with Gasteiger partial charge in [0.05, 0.1) is 10.0 Å². The molecule has 8 heteroatoms. The summed E-state index contributed by atoms with van der Waals surface area (Å²) < 4.78 is 0. The van der Waals surface area contributed by atoms with E-state index in [9.17, 15) is 0 Å². The SMILES string of the molecule is Clc1nc(Nc2ccc(Cl)c(Cl)c2)nc(N2CCCC2)n1. The molecule has 2 heterocycles. The van der Waals surface area contributed by atoms with Crippen molar-refractivity contribution in [1.82, 2.24) is 15.0 Å². The average Bonchev–Trinajstić information content (AvgIpc) is 2.96. The first-order chi connectivity index (χ1) is 10.1. The third kappa shape index (κ3) is 3.48. The van der Waals surface area contributed by atoms with Crippen molar-refractivity contribution in [2.75, 3.05) is 23.3 Å². The van der Waals surface area contributed by atoms with E-state index in [4.69, 9.17) is 34.8 Å². The van der Waals surface area contributed by atoms with Crippen LogP contribution in [0.2, 0.25) is 15.3 Å². The van der Waals surface area contributed by atoms with Crippen molar-refractivity contribution in [3.8, 4) is 0 Å². The highest BCUT2D eigenvalue weighted by Crippen LogP contribution is 2.27. The highest BCUT2D eigenvalue weighted by Gasteiger charge is 2.17. The highest BCUT2D eigenvalue weighted by atomic mass is 35.5. The van der Waals surface area contributed by atoms with Gasteiger partial charge in [-0.3, -0.25) is 0 Å². The van der Waals surface area contributed by atoms with Crippen LogP contribution < -0.4 is 10.2 Å². The molecule has 5 nitrogen and oxygen atoms in total. The first-order valence-corrected chi connectivity index (χ1v) is 7.64. The minimum atomic E-state index is 0.162. The molecule has 0 unspecified atom stereocenters. The second-order valence-electron chi connectivity index (χ2n) is 4.68. The van der Waals surface area contributed by atoms with Gasteiger partial charge in [-0.05, 0) is 42.6 Å². The maximum absolute atomic E-state index is 5.99. The lowest BCUT2D eigenvalue weighted by Gasteiger charge is -2.15. The maximum atomic E-state index is 5.99. The minimum absolute atomic E-state index is 0.162. The number of nitrogens with zero attached hydrogens (tertiary/aromatic N) is 4. The van der Waals surface area contributed by atoms with Crippen molar-refractivity contribution >= 4 is 52.4 Å². The highest BCUT2D eigenvalue weighted by molar-refractivity contribution is 6.42. The molecule has 2 aromatic rings. The van der Waals surface area contributed by atoms with E-state index in [-0.39, 0.29) is 5.28 Å². The van der Waals surface area contributed by atoms with Crippen LogP contribution in [0.1, 0.15) is 12.8 Å². The number of benzene rings is 1. The number of nitrogens with one attached hydrogen (secondary N) is 1. The third-order valence-electron chi connectivity index (χ3n) is 3.16. The summed E-state index contributed by atoms with van der Waals surface area (Å²) in [5.74, 6) is 0.977. The molecule has 1 saturated heterocycles. The van der Waals surface area contributed by atoms with Gasteiger partial charge in [-0.15, -0.1) is 0 Å². The molecule has 21 heavy (non-hydrogen) atoms. The van der Waals surface area contributed by atoms with Gasteiger partial charge in [-0.1, -0.05) is 23.2 Å². The van der Waals surface area contributed by atoms with Gasteiger partial charge in [0.25, 0.3) is 0 Å². The quantitative estimate of drug-likeness (QED) is 0.905. The van der Waals surface area contributed by atoms with Crippen LogP contribution in [0.25, 0.3) is 0 Å². The second-order valence-corrected chi connectivity index (χ2v) is 5.83. The largest absolute Gasteiger partial charge is 0.341 e. The van der Waals surface area contributed by atoms with Crippen LogP contribution in [0, 0.1) is 0 Å². The molecule has 0 amide bonds. The van der Waals surface area contributed by atoms with E-state index in [0.717, 1.165) is 31.6 Å². The summed E-state index contributed by atoms with van der Waals surface area (Å²) in [6, 6.07) is 5.20. The van der Waals surface area contributed by atoms with E-state index in [1.54, 1.807) is 18.2 Å². The molecule has 1 aromatic carbocycles. The lowest BCUT2D eigenvalue weighted by atomic mass is 10.3. The normalized spacial score (nSPS) is 14.5. The Labute approximate surface area is 137 Å². The van der Waals surface area contributed by atoms with Crippen LogP contribution >= 0.6 is 34.8 Å². The molecular weight excluding hydrogens is 333 g/mol. The van der Waals surface area contributed by atoms with Crippen LogP contribution in [-0.2, 0) is 0 Å². The number of hydrogen-bond donors (Lipinski definition) is 1. The topological polar surface area (TPSA) is 53.9 Å². The molecule has 1 aliphatic rings. The van der Waals surface area contributed by atoms with Crippen molar-refractivity contribution in [1.29, 1.82) is 0 Å². The molecule has 1 fully saturated rings. The van der Waals surface area contributed by atoms with Gasteiger partial charge in [0.2, 0.25) is 17.2 Å². The van der Waals surface area contributed by atoms with Crippen LogP contribution in [0.4, 0.5) is 17.6 Å². The summed E-state index contributed by atoms with van der Waals surface area (Å²) in [6.07, 6.45) is 2.28. The Morgan fingerprint density at radius 3 is 2.43 bits per heavy atom. The lowest BCUT2D eigenvalue weighted by Crippen LogP contribution is -2.21. The first-order valence-electron chi connectivity index (χ1n) is 6.50. The van der Waals surface area contributed by atoms with Crippen LogP contribution in [0.5, 0.6) is 0 Å². The monoisotopic (exact) mass is 343 g/mol. The molecule has 0 spiro atoms. The summed E-state index contributed by atoms with van der Waals surface area (Å²) in [4.78, 5) is 14.7. The number of halogens is 3. The Hall–Kier alpha value is -1.30. The zero-order valence-electron chi connectivity index (χ0n) is 11.0. The third-order valence-corrected chi connectivity index (χ3v) is 4.07. The molecule has 0 saturated carbocycles. The smallest absolute Gasteiger partial charge is 0.233 e. The van der Waals surface area contributed by atoms with E-state index in [0.29, 0.717) is 21.9 Å². The predicted molar refractivity (Wildman–Crippen MR) is 86.0 cm³/mol. The Morgan fingerprint density at radius 2 is 1.71 bits per heavy atom. The average molecular weight is 345 g/mol. The minimum Gasteiger partial charge on any atom is -0.341 e. The Bertz CT molecular complexity index is 658. The fourth-order valence-corrected chi connectivity index (χ4v) is 2.61. The maximum Gasteiger partial charge on any atom is 0.233 e. The molecular formula is C13H12Cl3N5.